The summed E-state index contributed by atoms with van der Waals surface area (Å²) in [6.07, 6.45) is 2.96. The van der Waals surface area contributed by atoms with E-state index in [2.05, 4.69) is 10.6 Å². The standard InChI is InChI=1S/C18H20F2N4O3/c19-12-6-14(15(7-13(12)20)23-4-2-1-3-5-23)21-18(27)24-8-10-11(9-24)17(26)22-16(10)25/h6-7,10-11H,1-5,8-9H2,(H,21,27)(H,22,25,26)/t10-,11+. The van der Waals surface area contributed by atoms with Crippen molar-refractivity contribution < 1.29 is 23.2 Å². The smallest absolute Gasteiger partial charge is 0.321 e. The van der Waals surface area contributed by atoms with Gasteiger partial charge in [-0.05, 0) is 19.3 Å². The number of benzene rings is 1. The van der Waals surface area contributed by atoms with Gasteiger partial charge in [0.1, 0.15) is 0 Å². The van der Waals surface area contributed by atoms with E-state index in [0.717, 1.165) is 31.4 Å². The number of amides is 4. The molecule has 1 aromatic carbocycles. The van der Waals surface area contributed by atoms with Gasteiger partial charge in [0.15, 0.2) is 11.6 Å². The maximum absolute atomic E-state index is 13.8. The number of hydrogen-bond donors (Lipinski definition) is 2. The highest BCUT2D eigenvalue weighted by atomic mass is 19.2. The molecule has 0 unspecified atom stereocenters. The highest BCUT2D eigenvalue weighted by molar-refractivity contribution is 6.06. The van der Waals surface area contributed by atoms with E-state index in [0.29, 0.717) is 18.8 Å². The van der Waals surface area contributed by atoms with E-state index in [9.17, 15) is 23.2 Å². The Morgan fingerprint density at radius 1 is 1.00 bits per heavy atom. The number of carbonyl (C=O) groups is 3. The molecular formula is C18H20F2N4O3. The summed E-state index contributed by atoms with van der Waals surface area (Å²) in [6, 6.07) is 1.55. The molecule has 7 nitrogen and oxygen atoms in total. The molecule has 27 heavy (non-hydrogen) atoms. The first kappa shape index (κ1) is 17.7. The average molecular weight is 378 g/mol. The third kappa shape index (κ3) is 3.22. The van der Waals surface area contributed by atoms with Crippen LogP contribution in [0.25, 0.3) is 0 Å². The summed E-state index contributed by atoms with van der Waals surface area (Å²) in [5, 5.41) is 4.89. The highest BCUT2D eigenvalue weighted by Crippen LogP contribution is 2.33. The van der Waals surface area contributed by atoms with Crippen LogP contribution in [0.15, 0.2) is 12.1 Å². The molecule has 1 aromatic rings. The molecule has 3 saturated heterocycles. The van der Waals surface area contributed by atoms with Crippen LogP contribution in [0.1, 0.15) is 19.3 Å². The lowest BCUT2D eigenvalue weighted by Gasteiger charge is -2.31. The van der Waals surface area contributed by atoms with Gasteiger partial charge < -0.3 is 15.1 Å². The molecule has 3 fully saturated rings. The number of imide groups is 1. The first-order valence-corrected chi connectivity index (χ1v) is 9.08. The van der Waals surface area contributed by atoms with Crippen LogP contribution in [0.5, 0.6) is 0 Å². The molecule has 0 saturated carbocycles. The Hall–Kier alpha value is -2.71. The van der Waals surface area contributed by atoms with Gasteiger partial charge in [0.05, 0.1) is 23.2 Å². The molecule has 4 rings (SSSR count). The fourth-order valence-corrected chi connectivity index (χ4v) is 4.03. The van der Waals surface area contributed by atoms with E-state index in [1.807, 2.05) is 4.90 Å². The first-order chi connectivity index (χ1) is 12.9. The quantitative estimate of drug-likeness (QED) is 0.768. The maximum Gasteiger partial charge on any atom is 0.321 e. The van der Waals surface area contributed by atoms with E-state index in [1.54, 1.807) is 0 Å². The van der Waals surface area contributed by atoms with Crippen LogP contribution in [0.3, 0.4) is 0 Å². The van der Waals surface area contributed by atoms with Crippen LogP contribution in [0.2, 0.25) is 0 Å². The monoisotopic (exact) mass is 378 g/mol. The van der Waals surface area contributed by atoms with Gasteiger partial charge in [-0.15, -0.1) is 0 Å². The molecule has 3 heterocycles. The number of carbonyl (C=O) groups excluding carboxylic acids is 3. The SMILES string of the molecule is O=C1NC(=O)[C@@H]2CN(C(=O)Nc3cc(F)c(F)cc3N3CCCCC3)C[C@H]12. The zero-order valence-electron chi connectivity index (χ0n) is 14.6. The van der Waals surface area contributed by atoms with Crippen molar-refractivity contribution in [1.82, 2.24) is 10.2 Å². The number of nitrogens with zero attached hydrogens (tertiary/aromatic N) is 2. The number of anilines is 2. The van der Waals surface area contributed by atoms with Crippen LogP contribution in [0.4, 0.5) is 25.0 Å². The Morgan fingerprint density at radius 2 is 1.59 bits per heavy atom. The number of nitrogens with one attached hydrogen (secondary N) is 2. The van der Waals surface area contributed by atoms with Gasteiger partial charge in [0, 0.05) is 38.3 Å². The summed E-state index contributed by atoms with van der Waals surface area (Å²) in [4.78, 5) is 39.4. The molecular weight excluding hydrogens is 358 g/mol. The van der Waals surface area contributed by atoms with Crippen molar-refractivity contribution in [2.75, 3.05) is 36.4 Å². The molecule has 3 aliphatic rings. The van der Waals surface area contributed by atoms with Crippen LogP contribution in [-0.2, 0) is 9.59 Å². The van der Waals surface area contributed by atoms with Gasteiger partial charge in [0.2, 0.25) is 11.8 Å². The third-order valence-corrected chi connectivity index (χ3v) is 5.50. The van der Waals surface area contributed by atoms with Gasteiger partial charge in [-0.3, -0.25) is 14.9 Å². The van der Waals surface area contributed by atoms with E-state index >= 15 is 0 Å². The van der Waals surface area contributed by atoms with Crippen molar-refractivity contribution in [3.63, 3.8) is 0 Å². The lowest BCUT2D eigenvalue weighted by Crippen LogP contribution is -2.38. The minimum absolute atomic E-state index is 0.122. The number of urea groups is 1. The minimum atomic E-state index is -1.04. The van der Waals surface area contributed by atoms with E-state index in [1.165, 1.54) is 4.90 Å². The molecule has 2 atom stereocenters. The zero-order chi connectivity index (χ0) is 19.1. The number of hydrogen-bond acceptors (Lipinski definition) is 4. The Bertz CT molecular complexity index is 788. The average Bonchev–Trinajstić information content (AvgIpc) is 3.20. The Kier molecular flexibility index (Phi) is 4.45. The summed E-state index contributed by atoms with van der Waals surface area (Å²) in [5.41, 5.74) is 0.629. The van der Waals surface area contributed by atoms with Crippen molar-refractivity contribution in [3.05, 3.63) is 23.8 Å². The molecule has 2 N–H and O–H groups in total. The molecule has 0 aromatic heterocycles. The number of fused-ring (bicyclic) bond motifs is 1. The van der Waals surface area contributed by atoms with Crippen molar-refractivity contribution in [2.24, 2.45) is 11.8 Å². The molecule has 4 amide bonds. The fourth-order valence-electron chi connectivity index (χ4n) is 4.03. The van der Waals surface area contributed by atoms with Gasteiger partial charge in [-0.25, -0.2) is 13.6 Å². The lowest BCUT2D eigenvalue weighted by atomic mass is 10.00. The molecule has 0 aliphatic carbocycles. The molecule has 0 bridgehead atoms. The summed E-state index contributed by atoms with van der Waals surface area (Å²) >= 11 is 0. The fraction of sp³-hybridized carbons (Fsp3) is 0.500. The molecule has 0 radical (unpaired) electrons. The van der Waals surface area contributed by atoms with Crippen LogP contribution in [-0.4, -0.2) is 48.9 Å². The summed E-state index contributed by atoms with van der Waals surface area (Å²) < 4.78 is 27.6. The lowest BCUT2D eigenvalue weighted by molar-refractivity contribution is -0.126. The number of piperidine rings is 1. The summed E-state index contributed by atoms with van der Waals surface area (Å²) in [6.45, 7) is 1.65. The van der Waals surface area contributed by atoms with Crippen molar-refractivity contribution in [2.45, 2.75) is 19.3 Å². The van der Waals surface area contributed by atoms with E-state index in [-0.39, 0.29) is 30.6 Å². The predicted molar refractivity (Wildman–Crippen MR) is 93.1 cm³/mol. The maximum atomic E-state index is 13.8. The molecule has 3 aliphatic heterocycles. The van der Waals surface area contributed by atoms with Gasteiger partial charge in [-0.1, -0.05) is 0 Å². The molecule has 144 valence electrons. The summed E-state index contributed by atoms with van der Waals surface area (Å²) in [5.74, 6) is -3.85. The van der Waals surface area contributed by atoms with Crippen molar-refractivity contribution in [3.8, 4) is 0 Å². The van der Waals surface area contributed by atoms with Gasteiger partial charge >= 0.3 is 6.03 Å². The second kappa shape index (κ2) is 6.79. The summed E-state index contributed by atoms with van der Waals surface area (Å²) in [7, 11) is 0. The first-order valence-electron chi connectivity index (χ1n) is 9.08. The Labute approximate surface area is 154 Å². The second-order valence-corrected chi connectivity index (χ2v) is 7.23. The van der Waals surface area contributed by atoms with Crippen LogP contribution >= 0.6 is 0 Å². The molecule has 0 spiro atoms. The number of rotatable bonds is 2. The third-order valence-electron chi connectivity index (χ3n) is 5.50. The van der Waals surface area contributed by atoms with E-state index in [4.69, 9.17) is 0 Å². The van der Waals surface area contributed by atoms with Gasteiger partial charge in [0.25, 0.3) is 0 Å². The normalized spacial score (nSPS) is 24.8. The van der Waals surface area contributed by atoms with Crippen molar-refractivity contribution in [1.29, 1.82) is 0 Å². The Balaban J connectivity index is 1.53. The second-order valence-electron chi connectivity index (χ2n) is 7.23. The predicted octanol–water partition coefficient (Wildman–Crippen LogP) is 1.69. The molecule has 9 heteroatoms. The van der Waals surface area contributed by atoms with E-state index < -0.39 is 29.5 Å². The minimum Gasteiger partial charge on any atom is -0.370 e. The Morgan fingerprint density at radius 3 is 2.22 bits per heavy atom. The van der Waals surface area contributed by atoms with Crippen LogP contribution in [0, 0.1) is 23.5 Å². The van der Waals surface area contributed by atoms with Crippen LogP contribution < -0.4 is 15.5 Å². The topological polar surface area (TPSA) is 81.8 Å². The van der Waals surface area contributed by atoms with Gasteiger partial charge in [-0.2, -0.15) is 0 Å². The van der Waals surface area contributed by atoms with Crippen molar-refractivity contribution >= 4 is 29.2 Å². The highest BCUT2D eigenvalue weighted by Gasteiger charge is 2.49. The zero-order valence-corrected chi connectivity index (χ0v) is 14.6. The number of halogens is 2. The number of likely N-dealkylation sites (tertiary alicyclic amines) is 1. The largest absolute Gasteiger partial charge is 0.370 e.